The summed E-state index contributed by atoms with van der Waals surface area (Å²) in [5.41, 5.74) is 2.55. The van der Waals surface area contributed by atoms with Gasteiger partial charge in [0.05, 0.1) is 27.7 Å². The maximum atomic E-state index is 15.1. The van der Waals surface area contributed by atoms with Gasteiger partial charge in [0.2, 0.25) is 0 Å². The molecular weight excluding hydrogens is 595 g/mol. The fourth-order valence-corrected chi connectivity index (χ4v) is 6.08. The third kappa shape index (κ3) is 6.38. The summed E-state index contributed by atoms with van der Waals surface area (Å²) in [5.74, 6) is 0.0532. The number of carbonyl (C=O) groups excluding carboxylic acids is 2. The van der Waals surface area contributed by atoms with Crippen molar-refractivity contribution in [3.63, 3.8) is 0 Å². The number of benzene rings is 1. The predicted molar refractivity (Wildman–Crippen MR) is 175 cm³/mol. The minimum atomic E-state index is -0.622. The number of amides is 2. The average molecular weight is 635 g/mol. The van der Waals surface area contributed by atoms with Crippen LogP contribution in [0.1, 0.15) is 71.2 Å². The predicted octanol–water partition coefficient (Wildman–Crippen LogP) is 7.12. The second-order valence-electron chi connectivity index (χ2n) is 13.0. The standard InChI is InChI=1S/C34H40ClFN6O3/c1-19(2)28-30(20(3)13-14-37-28)42-27(43)16-38-31(40-17-22(5)41(18-21(40)4)33(44)45-34(6,7)8)24-15-25(35)29(39-32(24)42)23-11-9-10-12-26(23)36/h9-15,19,21-22H,16-18H2,1-8H3/t21-,22+/m0/s1. The van der Waals surface area contributed by atoms with Crippen LogP contribution in [0.15, 0.2) is 47.6 Å². The van der Waals surface area contributed by atoms with Crippen molar-refractivity contribution >= 4 is 40.9 Å². The second kappa shape index (κ2) is 12.4. The number of anilines is 2. The number of hydrogen-bond acceptors (Lipinski definition) is 7. The van der Waals surface area contributed by atoms with E-state index in [9.17, 15) is 9.59 Å². The van der Waals surface area contributed by atoms with E-state index in [-0.39, 0.29) is 52.8 Å². The lowest BCUT2D eigenvalue weighted by molar-refractivity contribution is -0.116. The van der Waals surface area contributed by atoms with Crippen LogP contribution in [-0.2, 0) is 9.53 Å². The van der Waals surface area contributed by atoms with E-state index in [1.807, 2.05) is 61.5 Å². The Morgan fingerprint density at radius 1 is 1.09 bits per heavy atom. The van der Waals surface area contributed by atoms with Gasteiger partial charge in [-0.05, 0) is 77.3 Å². The van der Waals surface area contributed by atoms with E-state index in [1.165, 1.54) is 6.07 Å². The Labute approximate surface area is 269 Å². The molecule has 2 atom stereocenters. The lowest BCUT2D eigenvalue weighted by Crippen LogP contribution is -2.60. The smallest absolute Gasteiger partial charge is 0.410 e. The number of rotatable bonds is 3. The van der Waals surface area contributed by atoms with Gasteiger partial charge in [-0.1, -0.05) is 37.6 Å². The highest BCUT2D eigenvalue weighted by atomic mass is 35.5. The third-order valence-corrected chi connectivity index (χ3v) is 8.25. The normalized spacial score (nSPS) is 19.0. The van der Waals surface area contributed by atoms with Crippen LogP contribution in [0.2, 0.25) is 5.02 Å². The summed E-state index contributed by atoms with van der Waals surface area (Å²) in [5, 5.41) is 0.223. The number of aliphatic imine (C=N–C) groups is 1. The first-order valence-corrected chi connectivity index (χ1v) is 15.6. The van der Waals surface area contributed by atoms with E-state index in [0.717, 1.165) is 11.3 Å². The van der Waals surface area contributed by atoms with Crippen LogP contribution < -0.4 is 4.90 Å². The number of amidine groups is 1. The number of carbonyl (C=O) groups is 2. The Bertz CT molecular complexity index is 1670. The summed E-state index contributed by atoms with van der Waals surface area (Å²) >= 11 is 6.87. The van der Waals surface area contributed by atoms with Crippen molar-refractivity contribution in [2.24, 2.45) is 4.99 Å². The van der Waals surface area contributed by atoms with Gasteiger partial charge in [0.15, 0.2) is 5.82 Å². The van der Waals surface area contributed by atoms with Gasteiger partial charge in [-0.3, -0.25) is 19.7 Å². The fourth-order valence-electron chi connectivity index (χ4n) is 5.83. The Kier molecular flexibility index (Phi) is 8.90. The molecule has 1 saturated heterocycles. The van der Waals surface area contributed by atoms with E-state index < -0.39 is 11.4 Å². The van der Waals surface area contributed by atoms with Gasteiger partial charge < -0.3 is 14.5 Å². The molecule has 0 radical (unpaired) electrons. The van der Waals surface area contributed by atoms with Gasteiger partial charge in [0, 0.05) is 36.9 Å². The molecule has 45 heavy (non-hydrogen) atoms. The number of aromatic nitrogens is 2. The lowest BCUT2D eigenvalue weighted by Gasteiger charge is -2.45. The van der Waals surface area contributed by atoms with Crippen molar-refractivity contribution in [3.05, 3.63) is 70.3 Å². The van der Waals surface area contributed by atoms with Crippen LogP contribution in [0.4, 0.5) is 20.7 Å². The number of pyridine rings is 2. The first kappa shape index (κ1) is 32.3. The van der Waals surface area contributed by atoms with Gasteiger partial charge in [-0.2, -0.15) is 0 Å². The lowest BCUT2D eigenvalue weighted by atomic mass is 10.0. The molecule has 0 N–H and O–H groups in total. The summed E-state index contributed by atoms with van der Waals surface area (Å²) in [4.78, 5) is 47.0. The monoisotopic (exact) mass is 634 g/mol. The molecule has 11 heteroatoms. The second-order valence-corrected chi connectivity index (χ2v) is 13.4. The largest absolute Gasteiger partial charge is 0.444 e. The molecule has 0 bridgehead atoms. The third-order valence-electron chi connectivity index (χ3n) is 7.96. The maximum absolute atomic E-state index is 15.1. The van der Waals surface area contributed by atoms with Gasteiger partial charge >= 0.3 is 6.09 Å². The van der Waals surface area contributed by atoms with E-state index in [0.29, 0.717) is 36.0 Å². The number of halogens is 2. The van der Waals surface area contributed by atoms with Crippen molar-refractivity contribution < 1.29 is 18.7 Å². The Morgan fingerprint density at radius 2 is 1.80 bits per heavy atom. The van der Waals surface area contributed by atoms with Crippen molar-refractivity contribution in [2.75, 3.05) is 24.5 Å². The molecular formula is C34H40ClFN6O3. The molecule has 2 aromatic heterocycles. The molecule has 1 aromatic carbocycles. The molecule has 9 nitrogen and oxygen atoms in total. The molecule has 0 saturated carbocycles. The van der Waals surface area contributed by atoms with Crippen LogP contribution in [0, 0.1) is 12.7 Å². The van der Waals surface area contributed by atoms with Gasteiger partial charge in [-0.15, -0.1) is 0 Å². The minimum Gasteiger partial charge on any atom is -0.444 e. The molecule has 2 amide bonds. The quantitative estimate of drug-likeness (QED) is 0.305. The van der Waals surface area contributed by atoms with E-state index in [4.69, 9.17) is 26.3 Å². The Hall–Kier alpha value is -4.05. The van der Waals surface area contributed by atoms with Gasteiger partial charge in [-0.25, -0.2) is 14.2 Å². The van der Waals surface area contributed by atoms with Crippen LogP contribution in [0.3, 0.4) is 0 Å². The first-order chi connectivity index (χ1) is 21.2. The van der Waals surface area contributed by atoms with Crippen LogP contribution in [0.25, 0.3) is 11.3 Å². The molecule has 0 unspecified atom stereocenters. The molecule has 238 valence electrons. The van der Waals surface area contributed by atoms with Crippen molar-refractivity contribution in [2.45, 2.75) is 79.0 Å². The topological polar surface area (TPSA) is 91.2 Å². The van der Waals surface area contributed by atoms with E-state index in [2.05, 4.69) is 9.88 Å². The molecule has 1 fully saturated rings. The molecule has 2 aliphatic rings. The van der Waals surface area contributed by atoms with E-state index >= 15 is 4.39 Å². The highest BCUT2D eigenvalue weighted by Gasteiger charge is 2.39. The summed E-state index contributed by atoms with van der Waals surface area (Å²) < 4.78 is 20.8. The zero-order valence-corrected chi connectivity index (χ0v) is 27.8. The maximum Gasteiger partial charge on any atom is 0.410 e. The zero-order chi connectivity index (χ0) is 32.8. The first-order valence-electron chi connectivity index (χ1n) is 15.2. The number of hydrogen-bond donors (Lipinski definition) is 0. The summed E-state index contributed by atoms with van der Waals surface area (Å²) in [7, 11) is 0. The van der Waals surface area contributed by atoms with Crippen molar-refractivity contribution in [1.82, 2.24) is 19.8 Å². The molecule has 5 rings (SSSR count). The number of fused-ring (bicyclic) bond motifs is 1. The van der Waals surface area contributed by atoms with Crippen LogP contribution >= 0.6 is 11.6 Å². The number of piperazine rings is 1. The fraction of sp³-hybridized carbons (Fsp3) is 0.441. The number of nitrogens with zero attached hydrogens (tertiary/aromatic N) is 6. The highest BCUT2D eigenvalue weighted by molar-refractivity contribution is 6.34. The van der Waals surface area contributed by atoms with Crippen LogP contribution in [0.5, 0.6) is 0 Å². The molecule has 0 spiro atoms. The average Bonchev–Trinajstić information content (AvgIpc) is 3.08. The number of aryl methyl sites for hydroxylation is 1. The van der Waals surface area contributed by atoms with Gasteiger partial charge in [0.1, 0.15) is 23.8 Å². The molecule has 3 aromatic rings. The number of ether oxygens (including phenoxy) is 1. The Morgan fingerprint density at radius 3 is 2.47 bits per heavy atom. The zero-order valence-electron chi connectivity index (χ0n) is 27.1. The Balaban J connectivity index is 1.67. The SMILES string of the molecule is Cc1ccnc(C(C)C)c1N1C(=O)CN=C(N2C[C@@H](C)N(C(=O)OC(C)(C)C)C[C@@H]2C)c2cc(Cl)c(-c3ccccc3F)nc21. The molecule has 4 heterocycles. The van der Waals surface area contributed by atoms with Crippen molar-refractivity contribution in [3.8, 4) is 11.3 Å². The molecule has 2 aliphatic heterocycles. The minimum absolute atomic E-state index is 0.0000614. The summed E-state index contributed by atoms with van der Waals surface area (Å²) in [6.07, 6.45) is 1.35. The summed E-state index contributed by atoms with van der Waals surface area (Å²) in [6.45, 7) is 16.1. The van der Waals surface area contributed by atoms with Crippen molar-refractivity contribution in [1.29, 1.82) is 0 Å². The van der Waals surface area contributed by atoms with Crippen LogP contribution in [-0.4, -0.2) is 74.9 Å². The molecule has 0 aliphatic carbocycles. The van der Waals surface area contributed by atoms with Gasteiger partial charge in [0.25, 0.3) is 5.91 Å². The van der Waals surface area contributed by atoms with E-state index in [1.54, 1.807) is 40.3 Å². The highest BCUT2D eigenvalue weighted by Crippen LogP contribution is 2.41. The summed E-state index contributed by atoms with van der Waals surface area (Å²) in [6, 6.07) is 9.46.